The number of aryl methyl sites for hydroxylation is 2. The molecule has 2 amide bonds. The van der Waals surface area contributed by atoms with Gasteiger partial charge in [0.05, 0.1) is 7.11 Å². The van der Waals surface area contributed by atoms with Crippen LogP contribution in [0.2, 0.25) is 0 Å². The van der Waals surface area contributed by atoms with E-state index in [1.54, 1.807) is 31.4 Å². The van der Waals surface area contributed by atoms with Crippen molar-refractivity contribution in [1.82, 2.24) is 9.80 Å². The van der Waals surface area contributed by atoms with E-state index >= 15 is 0 Å². The monoisotopic (exact) mass is 366 g/mol. The Labute approximate surface area is 160 Å². The normalized spacial score (nSPS) is 14.1. The van der Waals surface area contributed by atoms with Crippen molar-refractivity contribution >= 4 is 11.8 Å². The van der Waals surface area contributed by atoms with E-state index in [2.05, 4.69) is 19.1 Å². The van der Waals surface area contributed by atoms with Crippen molar-refractivity contribution in [2.75, 3.05) is 33.3 Å². The molecule has 3 rings (SSSR count). The van der Waals surface area contributed by atoms with Gasteiger partial charge in [0.2, 0.25) is 5.91 Å². The molecule has 0 spiro atoms. The predicted molar refractivity (Wildman–Crippen MR) is 105 cm³/mol. The molecule has 0 N–H and O–H groups in total. The first-order valence-electron chi connectivity index (χ1n) is 9.34. The van der Waals surface area contributed by atoms with E-state index in [-0.39, 0.29) is 11.8 Å². The second kappa shape index (κ2) is 8.71. The van der Waals surface area contributed by atoms with Gasteiger partial charge in [0.1, 0.15) is 5.75 Å². The van der Waals surface area contributed by atoms with E-state index in [9.17, 15) is 9.59 Å². The number of hydrogen-bond donors (Lipinski definition) is 0. The van der Waals surface area contributed by atoms with Crippen LogP contribution < -0.4 is 4.74 Å². The fourth-order valence-corrected chi connectivity index (χ4v) is 3.37. The average molecular weight is 366 g/mol. The van der Waals surface area contributed by atoms with Crippen LogP contribution in [0.4, 0.5) is 0 Å². The van der Waals surface area contributed by atoms with Crippen LogP contribution in [0, 0.1) is 6.92 Å². The number of ether oxygens (including phenoxy) is 1. The van der Waals surface area contributed by atoms with Gasteiger partial charge in [-0.25, -0.2) is 0 Å². The van der Waals surface area contributed by atoms with Crippen molar-refractivity contribution in [1.29, 1.82) is 0 Å². The molecular weight excluding hydrogens is 340 g/mol. The third-order valence-electron chi connectivity index (χ3n) is 5.13. The molecule has 142 valence electrons. The zero-order valence-corrected chi connectivity index (χ0v) is 16.0. The Balaban J connectivity index is 1.49. The molecule has 0 atom stereocenters. The van der Waals surface area contributed by atoms with Crippen LogP contribution in [0.25, 0.3) is 0 Å². The van der Waals surface area contributed by atoms with Gasteiger partial charge in [-0.05, 0) is 48.7 Å². The summed E-state index contributed by atoms with van der Waals surface area (Å²) in [6.45, 7) is 4.40. The molecule has 2 aromatic rings. The fourth-order valence-electron chi connectivity index (χ4n) is 3.37. The third kappa shape index (κ3) is 4.67. The maximum absolute atomic E-state index is 12.6. The SMILES string of the molecule is COc1ccc(C(=O)N2CCN(C(=O)CCc3ccccc3C)CC2)cc1. The molecule has 2 aromatic carbocycles. The lowest BCUT2D eigenvalue weighted by Crippen LogP contribution is -2.50. The van der Waals surface area contributed by atoms with Crippen LogP contribution in [0.5, 0.6) is 5.75 Å². The lowest BCUT2D eigenvalue weighted by molar-refractivity contribution is -0.132. The van der Waals surface area contributed by atoms with E-state index in [4.69, 9.17) is 4.74 Å². The molecule has 1 aliphatic rings. The topological polar surface area (TPSA) is 49.9 Å². The van der Waals surface area contributed by atoms with E-state index in [0.717, 1.165) is 12.2 Å². The summed E-state index contributed by atoms with van der Waals surface area (Å²) in [5.41, 5.74) is 3.09. The van der Waals surface area contributed by atoms with Gasteiger partial charge in [-0.15, -0.1) is 0 Å². The van der Waals surface area contributed by atoms with Crippen LogP contribution in [0.15, 0.2) is 48.5 Å². The Morgan fingerprint density at radius 3 is 2.19 bits per heavy atom. The number of piperazine rings is 1. The van der Waals surface area contributed by atoms with Crippen molar-refractivity contribution < 1.29 is 14.3 Å². The van der Waals surface area contributed by atoms with Gasteiger partial charge >= 0.3 is 0 Å². The van der Waals surface area contributed by atoms with E-state index < -0.39 is 0 Å². The molecule has 0 aromatic heterocycles. The van der Waals surface area contributed by atoms with Crippen molar-refractivity contribution in [2.45, 2.75) is 19.8 Å². The Hall–Kier alpha value is -2.82. The minimum absolute atomic E-state index is 0.00432. The van der Waals surface area contributed by atoms with Crippen LogP contribution in [-0.4, -0.2) is 54.9 Å². The summed E-state index contributed by atoms with van der Waals surface area (Å²) >= 11 is 0. The van der Waals surface area contributed by atoms with E-state index in [0.29, 0.717) is 38.2 Å². The number of nitrogens with zero attached hydrogens (tertiary/aromatic N) is 2. The van der Waals surface area contributed by atoms with Crippen molar-refractivity contribution in [2.24, 2.45) is 0 Å². The van der Waals surface area contributed by atoms with Gasteiger partial charge in [-0.2, -0.15) is 0 Å². The van der Waals surface area contributed by atoms with Gasteiger partial charge in [0.25, 0.3) is 5.91 Å². The van der Waals surface area contributed by atoms with Gasteiger partial charge in [0, 0.05) is 38.2 Å². The molecule has 5 nitrogen and oxygen atoms in total. The summed E-state index contributed by atoms with van der Waals surface area (Å²) in [6, 6.07) is 15.3. The average Bonchev–Trinajstić information content (AvgIpc) is 2.72. The minimum atomic E-state index is 0.00432. The molecule has 5 heteroatoms. The molecule has 27 heavy (non-hydrogen) atoms. The highest BCUT2D eigenvalue weighted by Crippen LogP contribution is 2.15. The summed E-state index contributed by atoms with van der Waals surface area (Å²) in [7, 11) is 1.60. The number of methoxy groups -OCH3 is 1. The Kier molecular flexibility index (Phi) is 6.12. The largest absolute Gasteiger partial charge is 0.497 e. The quantitative estimate of drug-likeness (QED) is 0.818. The number of carbonyl (C=O) groups excluding carboxylic acids is 2. The molecule has 0 unspecified atom stereocenters. The van der Waals surface area contributed by atoms with Gasteiger partial charge in [0.15, 0.2) is 0 Å². The molecule has 1 heterocycles. The first-order chi connectivity index (χ1) is 13.1. The van der Waals surface area contributed by atoms with Gasteiger partial charge in [-0.3, -0.25) is 9.59 Å². The molecule has 0 bridgehead atoms. The standard InChI is InChI=1S/C22H26N2O3/c1-17-5-3-4-6-18(17)9-12-21(25)23-13-15-24(16-14-23)22(26)19-7-10-20(27-2)11-8-19/h3-8,10-11H,9,12-16H2,1-2H3. The Morgan fingerprint density at radius 1 is 0.926 bits per heavy atom. The number of carbonyl (C=O) groups is 2. The lowest BCUT2D eigenvalue weighted by atomic mass is 10.0. The summed E-state index contributed by atoms with van der Waals surface area (Å²) < 4.78 is 5.13. The summed E-state index contributed by atoms with van der Waals surface area (Å²) in [4.78, 5) is 28.8. The third-order valence-corrected chi connectivity index (χ3v) is 5.13. The van der Waals surface area contributed by atoms with E-state index in [1.165, 1.54) is 11.1 Å². The highest BCUT2D eigenvalue weighted by molar-refractivity contribution is 5.94. The predicted octanol–water partition coefficient (Wildman–Crippen LogP) is 2.92. The molecule has 0 saturated carbocycles. The number of hydrogen-bond acceptors (Lipinski definition) is 3. The van der Waals surface area contributed by atoms with Crippen LogP contribution in [-0.2, 0) is 11.2 Å². The first-order valence-corrected chi connectivity index (χ1v) is 9.34. The molecule has 1 aliphatic heterocycles. The van der Waals surface area contributed by atoms with Crippen molar-refractivity contribution in [3.05, 3.63) is 65.2 Å². The zero-order chi connectivity index (χ0) is 19.2. The maximum atomic E-state index is 12.6. The summed E-state index contributed by atoms with van der Waals surface area (Å²) in [5.74, 6) is 0.898. The zero-order valence-electron chi connectivity index (χ0n) is 16.0. The smallest absolute Gasteiger partial charge is 0.253 e. The number of rotatable bonds is 5. The second-order valence-corrected chi connectivity index (χ2v) is 6.83. The molecule has 1 fully saturated rings. The maximum Gasteiger partial charge on any atom is 0.253 e. The first kappa shape index (κ1) is 19.0. The van der Waals surface area contributed by atoms with E-state index in [1.807, 2.05) is 21.9 Å². The van der Waals surface area contributed by atoms with Crippen LogP contribution in [0.1, 0.15) is 27.9 Å². The number of amides is 2. The van der Waals surface area contributed by atoms with Crippen LogP contribution in [0.3, 0.4) is 0 Å². The highest BCUT2D eigenvalue weighted by Gasteiger charge is 2.24. The van der Waals surface area contributed by atoms with Crippen molar-refractivity contribution in [3.63, 3.8) is 0 Å². The second-order valence-electron chi connectivity index (χ2n) is 6.83. The Bertz CT molecular complexity index is 793. The summed E-state index contributed by atoms with van der Waals surface area (Å²) in [5, 5.41) is 0. The van der Waals surface area contributed by atoms with Crippen molar-refractivity contribution in [3.8, 4) is 5.75 Å². The van der Waals surface area contributed by atoms with Gasteiger partial charge in [-0.1, -0.05) is 24.3 Å². The molecular formula is C22H26N2O3. The lowest BCUT2D eigenvalue weighted by Gasteiger charge is -2.35. The number of benzene rings is 2. The van der Waals surface area contributed by atoms with Gasteiger partial charge < -0.3 is 14.5 Å². The summed E-state index contributed by atoms with van der Waals surface area (Å²) in [6.07, 6.45) is 1.27. The van der Waals surface area contributed by atoms with Crippen LogP contribution >= 0.6 is 0 Å². The highest BCUT2D eigenvalue weighted by atomic mass is 16.5. The fraction of sp³-hybridized carbons (Fsp3) is 0.364. The molecule has 1 saturated heterocycles. The minimum Gasteiger partial charge on any atom is -0.497 e. The molecule has 0 radical (unpaired) electrons. The molecule has 0 aliphatic carbocycles. The Morgan fingerprint density at radius 2 is 1.56 bits per heavy atom.